The molecule has 8 nitrogen and oxygen atoms in total. The van der Waals surface area contributed by atoms with Gasteiger partial charge in [0.05, 0.1) is 6.61 Å². The minimum Gasteiger partial charge on any atom is -0.368 e. The summed E-state index contributed by atoms with van der Waals surface area (Å²) >= 11 is 0. The summed E-state index contributed by atoms with van der Waals surface area (Å²) in [6.07, 6.45) is 1.77. The van der Waals surface area contributed by atoms with Crippen molar-refractivity contribution >= 4 is 17.8 Å². The molecule has 0 fully saturated rings. The van der Waals surface area contributed by atoms with E-state index < -0.39 is 0 Å². The smallest absolute Gasteiger partial charge is 0.284 e. The number of hydrogen-bond donors (Lipinski definition) is 3. The molecule has 0 spiro atoms. The molecule has 0 radical (unpaired) electrons. The second-order valence-corrected chi connectivity index (χ2v) is 2.81. The average Bonchev–Trinajstić information content (AvgIpc) is 2.16. The molecule has 15 heavy (non-hydrogen) atoms. The molecule has 0 saturated heterocycles. The highest BCUT2D eigenvalue weighted by molar-refractivity contribution is 5.35. The van der Waals surface area contributed by atoms with Crippen LogP contribution in [0.4, 0.5) is 17.8 Å². The van der Waals surface area contributed by atoms with E-state index in [4.69, 9.17) is 16.3 Å². The van der Waals surface area contributed by atoms with Gasteiger partial charge in [0.25, 0.3) is 5.95 Å². The highest BCUT2D eigenvalue weighted by Gasteiger charge is 2.09. The molecule has 0 aliphatic carbocycles. The summed E-state index contributed by atoms with van der Waals surface area (Å²) in [4.78, 5) is 15.7. The molecule has 1 heterocycles. The number of nitrogen functional groups attached to an aromatic ring is 2. The van der Waals surface area contributed by atoms with Crippen molar-refractivity contribution in [1.29, 1.82) is 0 Å². The van der Waals surface area contributed by atoms with Crippen LogP contribution in [0.15, 0.2) is 0 Å². The molecule has 0 aliphatic rings. The second kappa shape index (κ2) is 5.27. The van der Waals surface area contributed by atoms with Crippen molar-refractivity contribution in [2.75, 3.05) is 23.3 Å². The molecule has 0 aromatic carbocycles. The third-order valence-electron chi connectivity index (χ3n) is 1.54. The van der Waals surface area contributed by atoms with Gasteiger partial charge in [-0.3, -0.25) is 5.21 Å². The van der Waals surface area contributed by atoms with Gasteiger partial charge in [-0.2, -0.15) is 15.0 Å². The Kier molecular flexibility index (Phi) is 4.01. The monoisotopic (exact) mass is 214 g/mol. The normalized spacial score (nSPS) is 10.3. The average molecular weight is 214 g/mol. The topological polar surface area (TPSA) is 123 Å². The summed E-state index contributed by atoms with van der Waals surface area (Å²) in [7, 11) is 0. The van der Waals surface area contributed by atoms with Crippen LogP contribution >= 0.6 is 0 Å². The molecule has 0 bridgehead atoms. The zero-order chi connectivity index (χ0) is 11.3. The first-order chi connectivity index (χ1) is 7.13. The van der Waals surface area contributed by atoms with Crippen LogP contribution in [-0.4, -0.2) is 26.8 Å². The Balaban J connectivity index is 2.60. The number of unbranched alkanes of at least 4 members (excludes halogenated alkanes) is 1. The quantitative estimate of drug-likeness (QED) is 0.461. The van der Waals surface area contributed by atoms with Gasteiger partial charge in [-0.15, -0.1) is 0 Å². The van der Waals surface area contributed by atoms with E-state index in [2.05, 4.69) is 15.0 Å². The molecule has 5 N–H and O–H groups in total. The van der Waals surface area contributed by atoms with Crippen LogP contribution in [0.5, 0.6) is 0 Å². The van der Waals surface area contributed by atoms with Crippen molar-refractivity contribution in [3.63, 3.8) is 0 Å². The predicted molar refractivity (Wildman–Crippen MR) is 53.8 cm³/mol. The molecular weight excluding hydrogens is 200 g/mol. The molecule has 0 amide bonds. The summed E-state index contributed by atoms with van der Waals surface area (Å²) in [5.41, 5.74) is 10.6. The molecule has 0 aliphatic heterocycles. The van der Waals surface area contributed by atoms with Gasteiger partial charge in [-0.05, 0) is 6.42 Å². The van der Waals surface area contributed by atoms with Gasteiger partial charge in [-0.1, -0.05) is 18.6 Å². The van der Waals surface area contributed by atoms with Crippen LogP contribution < -0.4 is 16.7 Å². The Morgan fingerprint density at radius 1 is 1.27 bits per heavy atom. The van der Waals surface area contributed by atoms with Crippen molar-refractivity contribution in [3.8, 4) is 0 Å². The van der Waals surface area contributed by atoms with Crippen molar-refractivity contribution in [1.82, 2.24) is 15.0 Å². The maximum atomic E-state index is 9.34. The molecule has 84 valence electrons. The molecule has 8 heteroatoms. The van der Waals surface area contributed by atoms with E-state index >= 15 is 0 Å². The third-order valence-corrected chi connectivity index (χ3v) is 1.54. The van der Waals surface area contributed by atoms with Gasteiger partial charge >= 0.3 is 0 Å². The fourth-order valence-corrected chi connectivity index (χ4v) is 0.836. The van der Waals surface area contributed by atoms with E-state index in [1.54, 1.807) is 0 Å². The van der Waals surface area contributed by atoms with Crippen LogP contribution in [0.1, 0.15) is 19.8 Å². The first kappa shape index (κ1) is 11.4. The Morgan fingerprint density at radius 3 is 2.40 bits per heavy atom. The maximum absolute atomic E-state index is 9.34. The van der Waals surface area contributed by atoms with E-state index in [1.807, 2.05) is 6.92 Å². The molecular formula is C7H14N6O2. The van der Waals surface area contributed by atoms with Crippen LogP contribution in [0, 0.1) is 0 Å². The lowest BCUT2D eigenvalue weighted by Crippen LogP contribution is -2.23. The van der Waals surface area contributed by atoms with Gasteiger partial charge in [0.2, 0.25) is 11.9 Å². The fourth-order valence-electron chi connectivity index (χ4n) is 0.836. The zero-order valence-corrected chi connectivity index (χ0v) is 8.42. The van der Waals surface area contributed by atoms with Crippen LogP contribution in [0.3, 0.4) is 0 Å². The highest BCUT2D eigenvalue weighted by atomic mass is 16.9. The lowest BCUT2D eigenvalue weighted by Gasteiger charge is -2.13. The minimum absolute atomic E-state index is 0.0735. The second-order valence-electron chi connectivity index (χ2n) is 2.81. The Bertz CT molecular complexity index is 300. The molecule has 1 rings (SSSR count). The number of nitrogens with zero attached hydrogens (tertiary/aromatic N) is 4. The number of aromatic nitrogens is 3. The zero-order valence-electron chi connectivity index (χ0n) is 8.42. The van der Waals surface area contributed by atoms with E-state index in [0.29, 0.717) is 11.8 Å². The van der Waals surface area contributed by atoms with E-state index in [1.165, 1.54) is 0 Å². The van der Waals surface area contributed by atoms with E-state index in [9.17, 15) is 5.21 Å². The van der Waals surface area contributed by atoms with Crippen molar-refractivity contribution in [2.45, 2.75) is 19.8 Å². The number of nitrogens with two attached hydrogens (primary N) is 2. The van der Waals surface area contributed by atoms with E-state index in [0.717, 1.165) is 12.8 Å². The lowest BCUT2D eigenvalue weighted by molar-refractivity contribution is -0.0456. The SMILES string of the molecule is CCCCON(O)c1nc(N)nc(N)n1. The summed E-state index contributed by atoms with van der Waals surface area (Å²) in [5.74, 6) is -0.276. The third kappa shape index (κ3) is 3.52. The summed E-state index contributed by atoms with van der Waals surface area (Å²) in [6, 6.07) is 0. The Morgan fingerprint density at radius 2 is 1.87 bits per heavy atom. The standard InChI is InChI=1S/C7H14N6O2/c1-2-3-4-15-13(14)7-11-5(8)10-6(9)12-7/h14H,2-4H2,1H3,(H4,8,9,10,11,12). The summed E-state index contributed by atoms with van der Waals surface area (Å²) in [6.45, 7) is 2.36. The molecule has 0 atom stereocenters. The maximum Gasteiger partial charge on any atom is 0.284 e. The predicted octanol–water partition coefficient (Wildman–Crippen LogP) is -0.0367. The summed E-state index contributed by atoms with van der Waals surface area (Å²) < 4.78 is 0. The van der Waals surface area contributed by atoms with Gasteiger partial charge in [-0.25, -0.2) is 4.84 Å². The van der Waals surface area contributed by atoms with Gasteiger partial charge < -0.3 is 11.5 Å². The summed E-state index contributed by atoms with van der Waals surface area (Å²) in [5, 5.41) is 9.78. The number of anilines is 3. The molecule has 0 saturated carbocycles. The highest BCUT2D eigenvalue weighted by Crippen LogP contribution is 2.08. The van der Waals surface area contributed by atoms with Crippen molar-refractivity contribution < 1.29 is 10.0 Å². The van der Waals surface area contributed by atoms with Crippen molar-refractivity contribution in [3.05, 3.63) is 0 Å². The first-order valence-electron chi connectivity index (χ1n) is 4.52. The number of hydrogen-bond acceptors (Lipinski definition) is 8. The van der Waals surface area contributed by atoms with E-state index in [-0.39, 0.29) is 17.8 Å². The Labute approximate surface area is 86.8 Å². The molecule has 1 aromatic heterocycles. The van der Waals surface area contributed by atoms with Crippen LogP contribution in [-0.2, 0) is 4.84 Å². The van der Waals surface area contributed by atoms with Crippen LogP contribution in [0.2, 0.25) is 0 Å². The molecule has 0 unspecified atom stereocenters. The fraction of sp³-hybridized carbons (Fsp3) is 0.571. The number of rotatable bonds is 5. The first-order valence-corrected chi connectivity index (χ1v) is 4.52. The Hall–Kier alpha value is -1.67. The molecule has 1 aromatic rings. The lowest BCUT2D eigenvalue weighted by atomic mass is 10.4. The van der Waals surface area contributed by atoms with Crippen LogP contribution in [0.25, 0.3) is 0 Å². The van der Waals surface area contributed by atoms with Gasteiger partial charge in [0, 0.05) is 0 Å². The van der Waals surface area contributed by atoms with Crippen molar-refractivity contribution in [2.24, 2.45) is 0 Å². The van der Waals surface area contributed by atoms with Gasteiger partial charge in [0.1, 0.15) is 0 Å². The minimum atomic E-state index is -0.129. The van der Waals surface area contributed by atoms with Gasteiger partial charge in [0.15, 0.2) is 0 Å². The largest absolute Gasteiger partial charge is 0.368 e.